The molecule has 0 aromatic carbocycles. The van der Waals surface area contributed by atoms with Gasteiger partial charge in [0, 0.05) is 12.6 Å². The Kier molecular flexibility index (Phi) is 4.19. The lowest BCUT2D eigenvalue weighted by molar-refractivity contribution is 0.278. The van der Waals surface area contributed by atoms with Crippen LogP contribution in [0.5, 0.6) is 0 Å². The molecule has 4 N–H and O–H groups in total. The van der Waals surface area contributed by atoms with E-state index < -0.39 is 0 Å². The molecule has 1 rings (SSSR count). The van der Waals surface area contributed by atoms with Crippen LogP contribution in [-0.4, -0.2) is 22.7 Å². The van der Waals surface area contributed by atoms with Gasteiger partial charge in [-0.25, -0.2) is 4.98 Å². The molecular formula is C10H17N3O. The van der Waals surface area contributed by atoms with Crippen LogP contribution in [0.3, 0.4) is 0 Å². The quantitative estimate of drug-likeness (QED) is 0.661. The largest absolute Gasteiger partial charge is 0.397 e. The second-order valence-corrected chi connectivity index (χ2v) is 3.24. The molecule has 0 radical (unpaired) electrons. The van der Waals surface area contributed by atoms with Gasteiger partial charge in [0.1, 0.15) is 5.82 Å². The molecule has 0 aliphatic heterocycles. The fraction of sp³-hybridized carbons (Fsp3) is 0.500. The Bertz CT molecular complexity index is 261. The summed E-state index contributed by atoms with van der Waals surface area (Å²) in [6.45, 7) is 2.27. The van der Waals surface area contributed by atoms with Crippen molar-refractivity contribution in [2.45, 2.75) is 25.8 Å². The van der Waals surface area contributed by atoms with Crippen LogP contribution in [0.4, 0.5) is 11.5 Å². The van der Waals surface area contributed by atoms with E-state index in [1.54, 1.807) is 12.3 Å². The van der Waals surface area contributed by atoms with E-state index in [0.717, 1.165) is 18.7 Å². The van der Waals surface area contributed by atoms with Gasteiger partial charge in [0.05, 0.1) is 11.9 Å². The first-order chi connectivity index (χ1) is 6.76. The predicted octanol–water partition coefficient (Wildman–Crippen LogP) is 1.24. The molecule has 1 unspecified atom stereocenters. The van der Waals surface area contributed by atoms with Crippen LogP contribution >= 0.6 is 0 Å². The van der Waals surface area contributed by atoms with Crippen LogP contribution in [0.15, 0.2) is 18.3 Å². The van der Waals surface area contributed by atoms with Crippen LogP contribution in [0.1, 0.15) is 19.8 Å². The van der Waals surface area contributed by atoms with Gasteiger partial charge in [0.15, 0.2) is 0 Å². The van der Waals surface area contributed by atoms with Gasteiger partial charge in [0.2, 0.25) is 0 Å². The van der Waals surface area contributed by atoms with E-state index in [4.69, 9.17) is 10.8 Å². The van der Waals surface area contributed by atoms with Crippen molar-refractivity contribution in [2.75, 3.05) is 17.7 Å². The summed E-state index contributed by atoms with van der Waals surface area (Å²) in [6.07, 6.45) is 3.32. The van der Waals surface area contributed by atoms with Crippen LogP contribution in [0.2, 0.25) is 0 Å². The van der Waals surface area contributed by atoms with Crippen molar-refractivity contribution in [3.05, 3.63) is 18.3 Å². The maximum Gasteiger partial charge on any atom is 0.126 e. The molecule has 1 atom stereocenters. The smallest absolute Gasteiger partial charge is 0.126 e. The summed E-state index contributed by atoms with van der Waals surface area (Å²) in [5, 5.41) is 12.0. The highest BCUT2D eigenvalue weighted by Gasteiger charge is 2.05. The third kappa shape index (κ3) is 3.22. The Morgan fingerprint density at radius 3 is 2.86 bits per heavy atom. The van der Waals surface area contributed by atoms with Crippen LogP contribution in [0, 0.1) is 0 Å². The molecule has 0 fully saturated rings. The van der Waals surface area contributed by atoms with Gasteiger partial charge in [0.25, 0.3) is 0 Å². The minimum absolute atomic E-state index is 0.195. The number of aromatic nitrogens is 1. The average Bonchev–Trinajstić information content (AvgIpc) is 2.20. The second kappa shape index (κ2) is 5.44. The SMILES string of the molecule is CCC(CCO)Nc1ccc(N)cn1. The molecule has 0 amide bonds. The molecule has 1 aromatic heterocycles. The first-order valence-corrected chi connectivity index (χ1v) is 4.85. The lowest BCUT2D eigenvalue weighted by atomic mass is 10.1. The molecule has 0 bridgehead atoms. The summed E-state index contributed by atoms with van der Waals surface area (Å²) in [4.78, 5) is 4.13. The monoisotopic (exact) mass is 195 g/mol. The molecular weight excluding hydrogens is 178 g/mol. The Labute approximate surface area is 84.2 Å². The number of aliphatic hydroxyl groups is 1. The first kappa shape index (κ1) is 10.8. The van der Waals surface area contributed by atoms with Gasteiger partial charge < -0.3 is 16.2 Å². The minimum atomic E-state index is 0.195. The third-order valence-electron chi connectivity index (χ3n) is 2.11. The van der Waals surface area contributed by atoms with E-state index in [2.05, 4.69) is 17.2 Å². The van der Waals surface area contributed by atoms with E-state index in [9.17, 15) is 0 Å². The number of nitrogens with two attached hydrogens (primary N) is 1. The van der Waals surface area contributed by atoms with Crippen LogP contribution in [0.25, 0.3) is 0 Å². The number of hydrogen-bond acceptors (Lipinski definition) is 4. The molecule has 1 heterocycles. The average molecular weight is 195 g/mol. The number of pyridine rings is 1. The Balaban J connectivity index is 2.53. The molecule has 0 spiro atoms. The Morgan fingerprint density at radius 2 is 2.36 bits per heavy atom. The summed E-state index contributed by atoms with van der Waals surface area (Å²) in [5.74, 6) is 0.805. The maximum atomic E-state index is 8.81. The standard InChI is InChI=1S/C10H17N3O/c1-2-9(5-6-14)13-10-4-3-8(11)7-12-10/h3-4,7,9,14H,2,5-6,11H2,1H3,(H,12,13). The lowest BCUT2D eigenvalue weighted by Gasteiger charge is -2.16. The van der Waals surface area contributed by atoms with Gasteiger partial charge >= 0.3 is 0 Å². The van der Waals surface area contributed by atoms with Gasteiger partial charge in [-0.2, -0.15) is 0 Å². The van der Waals surface area contributed by atoms with Crippen molar-refractivity contribution >= 4 is 11.5 Å². The molecule has 78 valence electrons. The predicted molar refractivity (Wildman–Crippen MR) is 58.1 cm³/mol. The van der Waals surface area contributed by atoms with Crippen LogP contribution in [-0.2, 0) is 0 Å². The Hall–Kier alpha value is -1.29. The lowest BCUT2D eigenvalue weighted by Crippen LogP contribution is -2.20. The van der Waals surface area contributed by atoms with Crippen LogP contribution < -0.4 is 11.1 Å². The van der Waals surface area contributed by atoms with Gasteiger partial charge in [-0.3, -0.25) is 0 Å². The first-order valence-electron chi connectivity index (χ1n) is 4.85. The van der Waals surface area contributed by atoms with Crippen molar-refractivity contribution < 1.29 is 5.11 Å². The summed E-state index contributed by atoms with van der Waals surface area (Å²) in [5.41, 5.74) is 6.18. The van der Waals surface area contributed by atoms with Crippen molar-refractivity contribution in [3.8, 4) is 0 Å². The molecule has 4 heteroatoms. The van der Waals surface area contributed by atoms with E-state index in [1.165, 1.54) is 0 Å². The molecule has 0 aliphatic carbocycles. The van der Waals surface area contributed by atoms with Gasteiger partial charge in [-0.15, -0.1) is 0 Å². The number of anilines is 2. The van der Waals surface area contributed by atoms with Crippen molar-refractivity contribution in [3.63, 3.8) is 0 Å². The normalized spacial score (nSPS) is 12.4. The molecule has 14 heavy (non-hydrogen) atoms. The van der Waals surface area contributed by atoms with Gasteiger partial charge in [-0.05, 0) is 25.0 Å². The number of nitrogen functional groups attached to an aromatic ring is 1. The van der Waals surface area contributed by atoms with Crippen molar-refractivity contribution in [1.82, 2.24) is 4.98 Å². The third-order valence-corrected chi connectivity index (χ3v) is 2.11. The van der Waals surface area contributed by atoms with E-state index in [1.807, 2.05) is 6.07 Å². The summed E-state index contributed by atoms with van der Waals surface area (Å²) in [6, 6.07) is 3.92. The van der Waals surface area contributed by atoms with E-state index in [-0.39, 0.29) is 12.6 Å². The fourth-order valence-corrected chi connectivity index (χ4v) is 1.23. The molecule has 0 saturated carbocycles. The van der Waals surface area contributed by atoms with E-state index >= 15 is 0 Å². The van der Waals surface area contributed by atoms with Crippen molar-refractivity contribution in [2.24, 2.45) is 0 Å². The summed E-state index contributed by atoms with van der Waals surface area (Å²) >= 11 is 0. The molecule has 1 aromatic rings. The summed E-state index contributed by atoms with van der Waals surface area (Å²) < 4.78 is 0. The zero-order chi connectivity index (χ0) is 10.4. The number of nitrogens with one attached hydrogen (secondary N) is 1. The zero-order valence-corrected chi connectivity index (χ0v) is 8.40. The highest BCUT2D eigenvalue weighted by Crippen LogP contribution is 2.10. The topological polar surface area (TPSA) is 71.2 Å². The van der Waals surface area contributed by atoms with Gasteiger partial charge in [-0.1, -0.05) is 6.92 Å². The minimum Gasteiger partial charge on any atom is -0.397 e. The number of nitrogens with zero attached hydrogens (tertiary/aromatic N) is 1. The Morgan fingerprint density at radius 1 is 1.57 bits per heavy atom. The number of hydrogen-bond donors (Lipinski definition) is 3. The summed E-state index contributed by atoms with van der Waals surface area (Å²) in [7, 11) is 0. The second-order valence-electron chi connectivity index (χ2n) is 3.24. The van der Waals surface area contributed by atoms with E-state index in [0.29, 0.717) is 5.69 Å². The highest BCUT2D eigenvalue weighted by molar-refractivity contribution is 5.44. The van der Waals surface area contributed by atoms with Crippen molar-refractivity contribution in [1.29, 1.82) is 0 Å². The number of aliphatic hydroxyl groups excluding tert-OH is 1. The molecule has 0 saturated heterocycles. The fourth-order valence-electron chi connectivity index (χ4n) is 1.23. The highest BCUT2D eigenvalue weighted by atomic mass is 16.3. The number of rotatable bonds is 5. The molecule has 4 nitrogen and oxygen atoms in total. The maximum absolute atomic E-state index is 8.81. The zero-order valence-electron chi connectivity index (χ0n) is 8.40. The molecule has 0 aliphatic rings.